The highest BCUT2D eigenvalue weighted by atomic mass is 16.6. The number of nitriles is 1. The second-order valence-electron chi connectivity index (χ2n) is 9.00. The van der Waals surface area contributed by atoms with E-state index in [1.54, 1.807) is 30.2 Å². The van der Waals surface area contributed by atoms with Gasteiger partial charge in [0.1, 0.15) is 11.6 Å². The molecule has 168 valence electrons. The lowest BCUT2D eigenvalue weighted by atomic mass is 9.68. The SMILES string of the molecule is COc1ccccc1N1C(N)=C(C#N)[C@H](c2ccc([N+](=O)[O-])cc2)C2=C1CC(C)(C)CC2=O. The van der Waals surface area contributed by atoms with Crippen LogP contribution in [0.5, 0.6) is 5.75 Å². The number of carbonyl (C=O) groups excluding carboxylic acids is 1. The number of benzene rings is 2. The number of ether oxygens (including phenoxy) is 1. The highest BCUT2D eigenvalue weighted by molar-refractivity contribution is 6.01. The summed E-state index contributed by atoms with van der Waals surface area (Å²) in [7, 11) is 1.55. The fourth-order valence-electron chi connectivity index (χ4n) is 4.72. The lowest BCUT2D eigenvalue weighted by Crippen LogP contribution is -2.42. The van der Waals surface area contributed by atoms with Gasteiger partial charge in [-0.05, 0) is 29.5 Å². The zero-order valence-corrected chi connectivity index (χ0v) is 18.7. The molecule has 0 saturated carbocycles. The third-order valence-corrected chi connectivity index (χ3v) is 6.14. The van der Waals surface area contributed by atoms with Gasteiger partial charge in [0, 0.05) is 29.8 Å². The van der Waals surface area contributed by atoms with Crippen LogP contribution < -0.4 is 15.4 Å². The second-order valence-corrected chi connectivity index (χ2v) is 9.00. The average Bonchev–Trinajstić information content (AvgIpc) is 2.77. The van der Waals surface area contributed by atoms with Crippen molar-refractivity contribution >= 4 is 17.2 Å². The number of allylic oxidation sites excluding steroid dienone is 3. The number of rotatable bonds is 4. The summed E-state index contributed by atoms with van der Waals surface area (Å²) < 4.78 is 5.55. The van der Waals surface area contributed by atoms with Crippen LogP contribution in [0.2, 0.25) is 0 Å². The first-order chi connectivity index (χ1) is 15.7. The number of nitro benzene ring substituents is 1. The summed E-state index contributed by atoms with van der Waals surface area (Å²) in [4.78, 5) is 25.9. The van der Waals surface area contributed by atoms with E-state index in [-0.39, 0.29) is 28.3 Å². The molecule has 2 aromatic carbocycles. The van der Waals surface area contributed by atoms with Crippen LogP contribution in [0, 0.1) is 26.9 Å². The Morgan fingerprint density at radius 1 is 1.18 bits per heavy atom. The minimum absolute atomic E-state index is 0.0639. The van der Waals surface area contributed by atoms with E-state index < -0.39 is 10.8 Å². The van der Waals surface area contributed by atoms with E-state index in [2.05, 4.69) is 6.07 Å². The van der Waals surface area contributed by atoms with Crippen molar-refractivity contribution in [3.63, 3.8) is 0 Å². The predicted molar refractivity (Wildman–Crippen MR) is 123 cm³/mol. The number of Topliss-reactive ketones (excluding diaryl/α,β-unsaturated/α-hetero) is 1. The zero-order valence-electron chi connectivity index (χ0n) is 18.7. The lowest BCUT2D eigenvalue weighted by Gasteiger charge is -2.44. The molecule has 0 bridgehead atoms. The van der Waals surface area contributed by atoms with Crippen molar-refractivity contribution < 1.29 is 14.5 Å². The van der Waals surface area contributed by atoms with Crippen molar-refractivity contribution in [2.24, 2.45) is 11.1 Å². The van der Waals surface area contributed by atoms with Gasteiger partial charge >= 0.3 is 0 Å². The number of nitro groups is 1. The standard InChI is InChI=1S/C25H24N4O4/c1-25(2)12-19-23(20(30)13-25)22(15-8-10-16(11-9-15)29(31)32)17(14-26)24(27)28(19)18-6-4-5-7-21(18)33-3/h4-11,22H,12-13,27H2,1-3H3/t22-/m0/s1. The topological polar surface area (TPSA) is 122 Å². The predicted octanol–water partition coefficient (Wildman–Crippen LogP) is 4.54. The maximum absolute atomic E-state index is 13.5. The number of para-hydroxylation sites is 2. The van der Waals surface area contributed by atoms with Gasteiger partial charge in [0.2, 0.25) is 0 Å². The number of hydrogen-bond donors (Lipinski definition) is 1. The highest BCUT2D eigenvalue weighted by Crippen LogP contribution is 2.51. The van der Waals surface area contributed by atoms with Gasteiger partial charge in [-0.1, -0.05) is 38.1 Å². The highest BCUT2D eigenvalue weighted by Gasteiger charge is 2.45. The van der Waals surface area contributed by atoms with Gasteiger partial charge in [-0.15, -0.1) is 0 Å². The molecule has 2 aliphatic rings. The fraction of sp³-hybridized carbons (Fsp3) is 0.280. The largest absolute Gasteiger partial charge is 0.495 e. The Kier molecular flexibility index (Phi) is 5.42. The molecule has 0 amide bonds. The van der Waals surface area contributed by atoms with Crippen molar-refractivity contribution in [2.45, 2.75) is 32.6 Å². The molecule has 0 saturated heterocycles. The lowest BCUT2D eigenvalue weighted by molar-refractivity contribution is -0.384. The monoisotopic (exact) mass is 444 g/mol. The van der Waals surface area contributed by atoms with Crippen LogP contribution in [0.3, 0.4) is 0 Å². The molecule has 1 aliphatic carbocycles. The summed E-state index contributed by atoms with van der Waals surface area (Å²) in [6.07, 6.45) is 0.892. The molecule has 2 aromatic rings. The van der Waals surface area contributed by atoms with Crippen LogP contribution >= 0.6 is 0 Å². The first-order valence-electron chi connectivity index (χ1n) is 10.5. The summed E-state index contributed by atoms with van der Waals surface area (Å²) in [5, 5.41) is 21.2. The van der Waals surface area contributed by atoms with E-state index in [1.165, 1.54) is 12.1 Å². The van der Waals surface area contributed by atoms with Crippen molar-refractivity contribution in [3.05, 3.63) is 86.9 Å². The molecular weight excluding hydrogens is 420 g/mol. The molecule has 0 radical (unpaired) electrons. The van der Waals surface area contributed by atoms with E-state index in [1.807, 2.05) is 32.0 Å². The number of methoxy groups -OCH3 is 1. The number of nitrogens with two attached hydrogens (primary N) is 1. The molecule has 1 atom stereocenters. The summed E-state index contributed by atoms with van der Waals surface area (Å²) in [6.45, 7) is 4.05. The van der Waals surface area contributed by atoms with E-state index in [9.17, 15) is 20.2 Å². The van der Waals surface area contributed by atoms with Gasteiger partial charge in [0.25, 0.3) is 5.69 Å². The fourth-order valence-corrected chi connectivity index (χ4v) is 4.72. The van der Waals surface area contributed by atoms with Gasteiger partial charge in [0.05, 0.1) is 35.3 Å². The van der Waals surface area contributed by atoms with Crippen LogP contribution in [-0.2, 0) is 4.79 Å². The average molecular weight is 444 g/mol. The molecule has 0 unspecified atom stereocenters. The van der Waals surface area contributed by atoms with E-state index in [4.69, 9.17) is 10.5 Å². The van der Waals surface area contributed by atoms with Crippen LogP contribution in [0.25, 0.3) is 0 Å². The third kappa shape index (κ3) is 3.72. The van der Waals surface area contributed by atoms with Gasteiger partial charge in [-0.25, -0.2) is 0 Å². The molecule has 0 fully saturated rings. The summed E-state index contributed by atoms with van der Waals surface area (Å²) in [5.74, 6) is 0.0221. The van der Waals surface area contributed by atoms with Crippen LogP contribution in [0.1, 0.15) is 38.2 Å². The van der Waals surface area contributed by atoms with Gasteiger partial charge in [-0.2, -0.15) is 5.26 Å². The maximum Gasteiger partial charge on any atom is 0.269 e. The van der Waals surface area contributed by atoms with Crippen LogP contribution in [0.15, 0.2) is 71.2 Å². The third-order valence-electron chi connectivity index (χ3n) is 6.14. The van der Waals surface area contributed by atoms with Gasteiger partial charge < -0.3 is 10.5 Å². The molecule has 1 heterocycles. The summed E-state index contributed by atoms with van der Waals surface area (Å²) in [6, 6.07) is 15.5. The van der Waals surface area contributed by atoms with Crippen molar-refractivity contribution in [2.75, 3.05) is 12.0 Å². The Hall–Kier alpha value is -4.12. The molecule has 0 aromatic heterocycles. The van der Waals surface area contributed by atoms with Gasteiger partial charge in [0.15, 0.2) is 5.78 Å². The number of hydrogen-bond acceptors (Lipinski definition) is 7. The maximum atomic E-state index is 13.5. The molecule has 4 rings (SSSR count). The van der Waals surface area contributed by atoms with Crippen LogP contribution in [0.4, 0.5) is 11.4 Å². The Bertz CT molecular complexity index is 1250. The van der Waals surface area contributed by atoms with Crippen molar-refractivity contribution in [1.29, 1.82) is 5.26 Å². The zero-order chi connectivity index (χ0) is 23.9. The molecule has 33 heavy (non-hydrogen) atoms. The second kappa shape index (κ2) is 8.10. The van der Waals surface area contributed by atoms with E-state index in [0.29, 0.717) is 35.4 Å². The van der Waals surface area contributed by atoms with E-state index in [0.717, 1.165) is 5.70 Å². The Balaban J connectivity index is 1.99. The Morgan fingerprint density at radius 3 is 2.45 bits per heavy atom. The summed E-state index contributed by atoms with van der Waals surface area (Å²) >= 11 is 0. The molecule has 1 aliphatic heterocycles. The number of non-ortho nitro benzene ring substituents is 1. The first-order valence-corrected chi connectivity index (χ1v) is 10.5. The van der Waals surface area contributed by atoms with E-state index >= 15 is 0 Å². The quantitative estimate of drug-likeness (QED) is 0.542. The smallest absolute Gasteiger partial charge is 0.269 e. The number of ketones is 1. The Morgan fingerprint density at radius 2 is 1.85 bits per heavy atom. The van der Waals surface area contributed by atoms with Crippen LogP contribution in [-0.4, -0.2) is 17.8 Å². The first kappa shape index (κ1) is 22.1. The number of carbonyl (C=O) groups is 1. The molecule has 0 spiro atoms. The Labute approximate surface area is 191 Å². The normalized spacial score (nSPS) is 19.8. The molecule has 8 heteroatoms. The van der Waals surface area contributed by atoms with Crippen molar-refractivity contribution in [3.8, 4) is 11.8 Å². The van der Waals surface area contributed by atoms with Gasteiger partial charge in [-0.3, -0.25) is 19.8 Å². The minimum Gasteiger partial charge on any atom is -0.495 e. The molecule has 8 nitrogen and oxygen atoms in total. The minimum atomic E-state index is -0.694. The molecular formula is C25H24N4O4. The van der Waals surface area contributed by atoms with Crippen molar-refractivity contribution in [1.82, 2.24) is 0 Å². The summed E-state index contributed by atoms with van der Waals surface area (Å²) in [5.41, 5.74) is 8.94. The number of anilines is 1. The number of nitrogens with zero attached hydrogens (tertiary/aromatic N) is 3. The molecule has 2 N–H and O–H groups in total.